The van der Waals surface area contributed by atoms with Gasteiger partial charge in [0.15, 0.2) is 0 Å². The fourth-order valence-electron chi connectivity index (χ4n) is 1.13. The number of hydrogen-bond acceptors (Lipinski definition) is 0. The molecule has 0 saturated heterocycles. The third-order valence-electron chi connectivity index (χ3n) is 1.36. The lowest BCUT2D eigenvalue weighted by atomic mass is 9.86. The molecule has 0 bridgehead atoms. The highest BCUT2D eigenvalue weighted by atomic mass is 31.0. The smallest absolute Gasteiger partial charge is 0.0355 e. The molecule has 0 aromatic heterocycles. The summed E-state index contributed by atoms with van der Waals surface area (Å²) in [4.78, 5) is 0. The van der Waals surface area contributed by atoms with Crippen LogP contribution in [0.1, 0.15) is 34.1 Å². The van der Waals surface area contributed by atoms with Crippen molar-refractivity contribution in [1.29, 1.82) is 0 Å². The lowest BCUT2D eigenvalue weighted by Crippen LogP contribution is -2.11. The maximum atomic E-state index is 2.80. The second kappa shape index (κ2) is 3.56. The summed E-state index contributed by atoms with van der Waals surface area (Å²) in [6.45, 7) is 9.19. The molecule has 1 unspecified atom stereocenters. The van der Waals surface area contributed by atoms with Crippen LogP contribution in [0.3, 0.4) is 0 Å². The minimum Gasteiger partial charge on any atom is -0.137 e. The minimum atomic E-state index is 0.510. The largest absolute Gasteiger partial charge is 0.137 e. The average Bonchev–Trinajstić information content (AvgIpc) is 1.62. The van der Waals surface area contributed by atoms with Gasteiger partial charge in [-0.1, -0.05) is 27.7 Å². The van der Waals surface area contributed by atoms with Crippen molar-refractivity contribution >= 4 is 9.24 Å². The van der Waals surface area contributed by atoms with E-state index in [2.05, 4.69) is 36.9 Å². The molecule has 9 heavy (non-hydrogen) atoms. The average molecular weight is 146 g/mol. The van der Waals surface area contributed by atoms with E-state index in [1.165, 1.54) is 12.6 Å². The molecular weight excluding hydrogens is 127 g/mol. The van der Waals surface area contributed by atoms with E-state index in [4.69, 9.17) is 0 Å². The zero-order valence-electron chi connectivity index (χ0n) is 7.07. The van der Waals surface area contributed by atoms with Gasteiger partial charge in [-0.05, 0) is 23.9 Å². The van der Waals surface area contributed by atoms with Crippen LogP contribution in [-0.2, 0) is 0 Å². The Morgan fingerprint density at radius 2 is 1.78 bits per heavy atom. The molecular formula is C8H19P. The van der Waals surface area contributed by atoms with Crippen molar-refractivity contribution < 1.29 is 0 Å². The predicted octanol–water partition coefficient (Wildman–Crippen LogP) is 2.93. The first-order valence-electron chi connectivity index (χ1n) is 3.66. The van der Waals surface area contributed by atoms with Gasteiger partial charge in [0.2, 0.25) is 0 Å². The molecule has 0 heterocycles. The van der Waals surface area contributed by atoms with Crippen LogP contribution in [-0.4, -0.2) is 6.16 Å². The summed E-state index contributed by atoms with van der Waals surface area (Å²) >= 11 is 0. The van der Waals surface area contributed by atoms with Crippen molar-refractivity contribution in [3.8, 4) is 0 Å². The van der Waals surface area contributed by atoms with Crippen molar-refractivity contribution in [1.82, 2.24) is 0 Å². The Kier molecular flexibility index (Phi) is 3.73. The highest BCUT2D eigenvalue weighted by Crippen LogP contribution is 2.24. The first-order valence-corrected chi connectivity index (χ1v) is 4.47. The lowest BCUT2D eigenvalue weighted by Gasteiger charge is -2.21. The molecule has 0 aromatic carbocycles. The monoisotopic (exact) mass is 146 g/mol. The van der Waals surface area contributed by atoms with Crippen molar-refractivity contribution in [2.24, 2.45) is 11.3 Å². The normalized spacial score (nSPS) is 15.7. The third-order valence-corrected chi connectivity index (χ3v) is 2.17. The van der Waals surface area contributed by atoms with E-state index in [1.807, 2.05) is 0 Å². The Morgan fingerprint density at radius 1 is 1.33 bits per heavy atom. The van der Waals surface area contributed by atoms with Crippen molar-refractivity contribution in [2.75, 3.05) is 6.16 Å². The Hall–Kier alpha value is 0.430. The van der Waals surface area contributed by atoms with E-state index in [9.17, 15) is 0 Å². The van der Waals surface area contributed by atoms with E-state index in [0.29, 0.717) is 5.41 Å². The fraction of sp³-hybridized carbons (Fsp3) is 1.00. The van der Waals surface area contributed by atoms with Gasteiger partial charge in [-0.2, -0.15) is 0 Å². The maximum absolute atomic E-state index is 2.80. The molecule has 0 spiro atoms. The maximum Gasteiger partial charge on any atom is -0.0355 e. The Bertz CT molecular complexity index is 71.1. The van der Waals surface area contributed by atoms with Crippen LogP contribution in [0.2, 0.25) is 0 Å². The van der Waals surface area contributed by atoms with E-state index in [0.717, 1.165) is 5.92 Å². The minimum absolute atomic E-state index is 0.510. The third kappa shape index (κ3) is 6.31. The molecule has 2 atom stereocenters. The quantitative estimate of drug-likeness (QED) is 0.525. The molecule has 1 heteroatoms. The van der Waals surface area contributed by atoms with Crippen LogP contribution in [0.5, 0.6) is 0 Å². The van der Waals surface area contributed by atoms with Crippen LogP contribution in [0.4, 0.5) is 0 Å². The second-order valence-corrected chi connectivity index (χ2v) is 4.58. The first-order chi connectivity index (χ1) is 3.95. The molecule has 0 aliphatic carbocycles. The summed E-state index contributed by atoms with van der Waals surface area (Å²) in [5.41, 5.74) is 0.510. The number of hydrogen-bond donors (Lipinski definition) is 0. The Balaban J connectivity index is 3.47. The van der Waals surface area contributed by atoms with Gasteiger partial charge in [0.25, 0.3) is 0 Å². The molecule has 56 valence electrons. The summed E-state index contributed by atoms with van der Waals surface area (Å²) in [6, 6.07) is 0. The van der Waals surface area contributed by atoms with Crippen LogP contribution in [0, 0.1) is 11.3 Å². The fourth-order valence-corrected chi connectivity index (χ4v) is 1.30. The zero-order chi connectivity index (χ0) is 7.49. The molecule has 0 amide bonds. The van der Waals surface area contributed by atoms with E-state index >= 15 is 0 Å². The lowest BCUT2D eigenvalue weighted by molar-refractivity contribution is 0.323. The Morgan fingerprint density at radius 3 is 1.89 bits per heavy atom. The molecule has 0 saturated carbocycles. The van der Waals surface area contributed by atoms with Crippen LogP contribution < -0.4 is 0 Å². The topological polar surface area (TPSA) is 0 Å². The zero-order valence-corrected chi connectivity index (χ0v) is 8.22. The van der Waals surface area contributed by atoms with Crippen LogP contribution >= 0.6 is 9.24 Å². The van der Waals surface area contributed by atoms with Crippen LogP contribution in [0.15, 0.2) is 0 Å². The van der Waals surface area contributed by atoms with Crippen molar-refractivity contribution in [3.63, 3.8) is 0 Å². The van der Waals surface area contributed by atoms with Gasteiger partial charge < -0.3 is 0 Å². The summed E-state index contributed by atoms with van der Waals surface area (Å²) in [5, 5.41) is 0. The van der Waals surface area contributed by atoms with E-state index in [1.54, 1.807) is 0 Å². The second-order valence-electron chi connectivity index (χ2n) is 4.11. The molecule has 0 aliphatic heterocycles. The first kappa shape index (κ1) is 9.43. The van der Waals surface area contributed by atoms with Gasteiger partial charge in [0.1, 0.15) is 0 Å². The van der Waals surface area contributed by atoms with Crippen molar-refractivity contribution in [3.05, 3.63) is 0 Å². The van der Waals surface area contributed by atoms with E-state index in [-0.39, 0.29) is 0 Å². The molecule has 0 N–H and O–H groups in total. The van der Waals surface area contributed by atoms with E-state index < -0.39 is 0 Å². The van der Waals surface area contributed by atoms with Gasteiger partial charge >= 0.3 is 0 Å². The van der Waals surface area contributed by atoms with Gasteiger partial charge in [-0.3, -0.25) is 0 Å². The standard InChI is InChI=1S/C8H19P/c1-7(6-9)5-8(2,3)4/h7H,5-6,9H2,1-4H3/t7-/m0/s1. The summed E-state index contributed by atoms with van der Waals surface area (Å²) in [6.07, 6.45) is 2.56. The van der Waals surface area contributed by atoms with Crippen LogP contribution in [0.25, 0.3) is 0 Å². The molecule has 0 fully saturated rings. The summed E-state index contributed by atoms with van der Waals surface area (Å²) in [5.74, 6) is 0.856. The summed E-state index contributed by atoms with van der Waals surface area (Å²) < 4.78 is 0. The van der Waals surface area contributed by atoms with Gasteiger partial charge in [-0.25, -0.2) is 0 Å². The van der Waals surface area contributed by atoms with Gasteiger partial charge in [0, 0.05) is 0 Å². The molecule has 0 aliphatic rings. The Labute approximate surface area is 61.6 Å². The SMILES string of the molecule is C[C@H](CP)CC(C)(C)C. The van der Waals surface area contributed by atoms with Crippen molar-refractivity contribution in [2.45, 2.75) is 34.1 Å². The predicted molar refractivity (Wildman–Crippen MR) is 47.8 cm³/mol. The molecule has 0 rings (SSSR count). The van der Waals surface area contributed by atoms with Gasteiger partial charge in [-0.15, -0.1) is 9.24 Å². The van der Waals surface area contributed by atoms with Gasteiger partial charge in [0.05, 0.1) is 0 Å². The highest BCUT2D eigenvalue weighted by molar-refractivity contribution is 7.16. The number of rotatable bonds is 2. The summed E-state index contributed by atoms with van der Waals surface area (Å²) in [7, 11) is 2.80. The molecule has 0 radical (unpaired) electrons. The highest BCUT2D eigenvalue weighted by Gasteiger charge is 2.13. The molecule has 0 aromatic rings. The molecule has 0 nitrogen and oxygen atoms in total.